The Labute approximate surface area is 92.2 Å². The highest BCUT2D eigenvalue weighted by Crippen LogP contribution is 2.30. The number of fused-ring (bicyclic) bond motifs is 1. The van der Waals surface area contributed by atoms with E-state index in [4.69, 9.17) is 23.2 Å². The fraction of sp³-hybridized carbons (Fsp3) is 0.300. The maximum absolute atomic E-state index is 11.6. The van der Waals surface area contributed by atoms with Crippen LogP contribution in [0.15, 0.2) is 12.1 Å². The van der Waals surface area contributed by atoms with E-state index >= 15 is 0 Å². The zero-order valence-corrected chi connectivity index (χ0v) is 8.95. The molecule has 1 aromatic carbocycles. The topological polar surface area (TPSA) is 29.1 Å². The highest BCUT2D eigenvalue weighted by molar-refractivity contribution is 6.44. The fourth-order valence-corrected chi connectivity index (χ4v) is 2.04. The van der Waals surface area contributed by atoms with Crippen LogP contribution in [0.5, 0.6) is 0 Å². The number of nitrogens with one attached hydrogen (secondary N) is 1. The molecule has 0 aliphatic carbocycles. The molecule has 2 nitrogen and oxygen atoms in total. The molecule has 0 fully saturated rings. The van der Waals surface area contributed by atoms with Crippen LogP contribution in [0.3, 0.4) is 0 Å². The van der Waals surface area contributed by atoms with Gasteiger partial charge in [0, 0.05) is 6.54 Å². The minimum atomic E-state index is -0.120. The predicted molar refractivity (Wildman–Crippen MR) is 57.1 cm³/mol. The first-order valence-electron chi connectivity index (χ1n) is 4.45. The summed E-state index contributed by atoms with van der Waals surface area (Å²) in [6, 6.07) is 3.61. The van der Waals surface area contributed by atoms with Crippen molar-refractivity contribution in [2.24, 2.45) is 0 Å². The number of hydrogen-bond donors (Lipinski definition) is 1. The number of hydrogen-bond acceptors (Lipinski definition) is 1. The summed E-state index contributed by atoms with van der Waals surface area (Å²) in [5.41, 5.74) is 1.52. The minimum Gasteiger partial charge on any atom is -0.352 e. The van der Waals surface area contributed by atoms with Gasteiger partial charge >= 0.3 is 0 Å². The molecule has 0 bridgehead atoms. The van der Waals surface area contributed by atoms with Gasteiger partial charge in [0.25, 0.3) is 5.91 Å². The Kier molecular flexibility index (Phi) is 2.66. The molecule has 74 valence electrons. The van der Waals surface area contributed by atoms with E-state index in [2.05, 4.69) is 5.32 Å². The largest absolute Gasteiger partial charge is 0.352 e. The second-order valence-electron chi connectivity index (χ2n) is 3.25. The molecule has 4 heteroatoms. The summed E-state index contributed by atoms with van der Waals surface area (Å²) >= 11 is 11.8. The van der Waals surface area contributed by atoms with Crippen LogP contribution in [0.4, 0.5) is 0 Å². The Hall–Kier alpha value is -0.730. The predicted octanol–water partition coefficient (Wildman–Crippen LogP) is 2.67. The quantitative estimate of drug-likeness (QED) is 0.729. The lowest BCUT2D eigenvalue weighted by molar-refractivity contribution is 0.0956. The van der Waals surface area contributed by atoms with Gasteiger partial charge in [-0.1, -0.05) is 29.3 Å². The number of benzene rings is 1. The minimum absolute atomic E-state index is 0.120. The maximum atomic E-state index is 11.6. The van der Waals surface area contributed by atoms with Crippen LogP contribution < -0.4 is 5.32 Å². The smallest absolute Gasteiger partial charge is 0.253 e. The van der Waals surface area contributed by atoms with E-state index in [9.17, 15) is 4.79 Å². The van der Waals surface area contributed by atoms with Gasteiger partial charge in [0.2, 0.25) is 0 Å². The molecule has 0 spiro atoms. The first kappa shape index (κ1) is 9.81. The Morgan fingerprint density at radius 1 is 1.29 bits per heavy atom. The third kappa shape index (κ3) is 1.60. The fourth-order valence-electron chi connectivity index (χ4n) is 1.61. The summed E-state index contributed by atoms with van der Waals surface area (Å²) in [5.74, 6) is -0.120. The molecule has 1 aromatic rings. The van der Waals surface area contributed by atoms with Gasteiger partial charge in [-0.25, -0.2) is 0 Å². The van der Waals surface area contributed by atoms with Gasteiger partial charge in [-0.15, -0.1) is 0 Å². The molecule has 2 rings (SSSR count). The third-order valence-electron chi connectivity index (χ3n) is 2.32. The lowest BCUT2D eigenvalue weighted by atomic mass is 10.0. The van der Waals surface area contributed by atoms with Crippen molar-refractivity contribution in [1.82, 2.24) is 5.32 Å². The van der Waals surface area contributed by atoms with Crippen molar-refractivity contribution < 1.29 is 4.79 Å². The average molecular weight is 230 g/mol. The summed E-state index contributed by atoms with van der Waals surface area (Å²) in [4.78, 5) is 11.6. The number of carbonyl (C=O) groups is 1. The molecular weight excluding hydrogens is 221 g/mol. The van der Waals surface area contributed by atoms with Gasteiger partial charge in [0.1, 0.15) is 0 Å². The molecule has 1 amide bonds. The molecule has 0 aromatic heterocycles. The molecule has 0 saturated heterocycles. The van der Waals surface area contributed by atoms with Crippen molar-refractivity contribution in [3.63, 3.8) is 0 Å². The molecule has 14 heavy (non-hydrogen) atoms. The summed E-state index contributed by atoms with van der Waals surface area (Å²) in [5, 5.41) is 3.58. The standard InChI is InChI=1S/C10H9Cl2NO/c11-7-4-3-6-2-1-5-13-10(14)8(6)9(7)12/h3-4H,1-2,5H2,(H,13,14). The van der Waals surface area contributed by atoms with E-state index in [1.807, 2.05) is 6.07 Å². The van der Waals surface area contributed by atoms with Crippen LogP contribution in [0, 0.1) is 0 Å². The zero-order valence-electron chi connectivity index (χ0n) is 7.44. The summed E-state index contributed by atoms with van der Waals surface area (Å²) in [6.45, 7) is 0.696. The number of aryl methyl sites for hydroxylation is 1. The average Bonchev–Trinajstić information content (AvgIpc) is 2.35. The van der Waals surface area contributed by atoms with Crippen molar-refractivity contribution in [3.8, 4) is 0 Å². The second kappa shape index (κ2) is 3.79. The van der Waals surface area contributed by atoms with Gasteiger partial charge in [-0.05, 0) is 24.5 Å². The van der Waals surface area contributed by atoms with E-state index in [1.54, 1.807) is 6.07 Å². The number of halogens is 2. The Balaban J connectivity index is 2.60. The molecule has 1 aliphatic rings. The first-order chi connectivity index (χ1) is 6.70. The van der Waals surface area contributed by atoms with E-state index in [0.29, 0.717) is 22.2 Å². The van der Waals surface area contributed by atoms with E-state index in [0.717, 1.165) is 18.4 Å². The van der Waals surface area contributed by atoms with E-state index in [1.165, 1.54) is 0 Å². The van der Waals surface area contributed by atoms with Gasteiger partial charge < -0.3 is 5.32 Å². The van der Waals surface area contributed by atoms with Gasteiger partial charge in [-0.2, -0.15) is 0 Å². The molecule has 1 aliphatic heterocycles. The molecular formula is C10H9Cl2NO. The normalized spacial score (nSPS) is 15.7. The Bertz CT molecular complexity index is 390. The Morgan fingerprint density at radius 3 is 2.86 bits per heavy atom. The Morgan fingerprint density at radius 2 is 2.07 bits per heavy atom. The summed E-state index contributed by atoms with van der Waals surface area (Å²) in [7, 11) is 0. The van der Waals surface area contributed by atoms with Crippen molar-refractivity contribution >= 4 is 29.1 Å². The summed E-state index contributed by atoms with van der Waals surface area (Å²) in [6.07, 6.45) is 1.81. The first-order valence-corrected chi connectivity index (χ1v) is 5.21. The van der Waals surface area contributed by atoms with E-state index < -0.39 is 0 Å². The molecule has 0 atom stereocenters. The monoisotopic (exact) mass is 229 g/mol. The van der Waals surface area contributed by atoms with Crippen molar-refractivity contribution in [2.75, 3.05) is 6.54 Å². The van der Waals surface area contributed by atoms with Crippen LogP contribution in [-0.4, -0.2) is 12.5 Å². The summed E-state index contributed by atoms with van der Waals surface area (Å²) < 4.78 is 0. The van der Waals surface area contributed by atoms with Gasteiger partial charge in [0.15, 0.2) is 0 Å². The number of carbonyl (C=O) groups excluding carboxylic acids is 1. The van der Waals surface area contributed by atoms with Gasteiger partial charge in [-0.3, -0.25) is 4.79 Å². The van der Waals surface area contributed by atoms with Crippen LogP contribution in [0.2, 0.25) is 10.0 Å². The molecule has 0 saturated carbocycles. The second-order valence-corrected chi connectivity index (χ2v) is 4.04. The van der Waals surface area contributed by atoms with Gasteiger partial charge in [0.05, 0.1) is 15.6 Å². The van der Waals surface area contributed by atoms with Crippen LogP contribution in [0.25, 0.3) is 0 Å². The van der Waals surface area contributed by atoms with Crippen LogP contribution >= 0.6 is 23.2 Å². The highest BCUT2D eigenvalue weighted by atomic mass is 35.5. The third-order valence-corrected chi connectivity index (χ3v) is 3.12. The maximum Gasteiger partial charge on any atom is 0.253 e. The number of rotatable bonds is 0. The van der Waals surface area contributed by atoms with Crippen molar-refractivity contribution in [1.29, 1.82) is 0 Å². The van der Waals surface area contributed by atoms with E-state index in [-0.39, 0.29) is 5.91 Å². The lowest BCUT2D eigenvalue weighted by Gasteiger charge is -2.07. The number of amides is 1. The molecule has 0 unspecified atom stereocenters. The lowest BCUT2D eigenvalue weighted by Crippen LogP contribution is -2.23. The van der Waals surface area contributed by atoms with Crippen molar-refractivity contribution in [3.05, 3.63) is 33.3 Å². The van der Waals surface area contributed by atoms with Crippen LogP contribution in [0.1, 0.15) is 22.3 Å². The molecule has 0 radical (unpaired) electrons. The molecule has 1 heterocycles. The SMILES string of the molecule is O=C1NCCCc2ccc(Cl)c(Cl)c21. The van der Waals surface area contributed by atoms with Crippen molar-refractivity contribution in [2.45, 2.75) is 12.8 Å². The molecule has 1 N–H and O–H groups in total. The zero-order chi connectivity index (χ0) is 10.1. The van der Waals surface area contributed by atoms with Crippen LogP contribution in [-0.2, 0) is 6.42 Å². The highest BCUT2D eigenvalue weighted by Gasteiger charge is 2.19.